The van der Waals surface area contributed by atoms with E-state index in [0.717, 1.165) is 17.1 Å². The summed E-state index contributed by atoms with van der Waals surface area (Å²) in [4.78, 5) is 0. The molecule has 1 aromatic rings. The zero-order chi connectivity index (χ0) is 11.4. The van der Waals surface area contributed by atoms with Gasteiger partial charge in [0.15, 0.2) is 11.5 Å². The fourth-order valence-corrected chi connectivity index (χ4v) is 1.60. The smallest absolute Gasteiger partial charge is 0.165 e. The standard InChI is InChI=1S/C13H15NO2/c1-3-10(2)14-9-11-5-4-6-12-13(11)16-8-7-15-12/h1,4-6,10,14H,7-9H2,2H3. The average molecular weight is 217 g/mol. The SMILES string of the molecule is C#CC(C)NCc1cccc2c1OCCO2. The van der Waals surface area contributed by atoms with E-state index in [0.29, 0.717) is 19.8 Å². The van der Waals surface area contributed by atoms with Crippen LogP contribution in [0.3, 0.4) is 0 Å². The Hall–Kier alpha value is -1.66. The van der Waals surface area contributed by atoms with Crippen LogP contribution in [0.5, 0.6) is 11.5 Å². The van der Waals surface area contributed by atoms with Crippen molar-refractivity contribution in [3.05, 3.63) is 23.8 Å². The highest BCUT2D eigenvalue weighted by Gasteiger charge is 2.15. The normalized spacial score (nSPS) is 15.2. The molecule has 3 nitrogen and oxygen atoms in total. The van der Waals surface area contributed by atoms with Crippen LogP contribution in [0.4, 0.5) is 0 Å². The number of para-hydroxylation sites is 1. The number of terminal acetylenes is 1. The Morgan fingerprint density at radius 3 is 3.06 bits per heavy atom. The van der Waals surface area contributed by atoms with E-state index in [1.54, 1.807) is 0 Å². The summed E-state index contributed by atoms with van der Waals surface area (Å²) in [5, 5.41) is 3.23. The van der Waals surface area contributed by atoms with Gasteiger partial charge in [0.2, 0.25) is 0 Å². The molecule has 16 heavy (non-hydrogen) atoms. The van der Waals surface area contributed by atoms with E-state index >= 15 is 0 Å². The molecule has 0 saturated carbocycles. The fourth-order valence-electron chi connectivity index (χ4n) is 1.60. The van der Waals surface area contributed by atoms with Crippen LogP contribution in [0.15, 0.2) is 18.2 Å². The third-order valence-corrected chi connectivity index (χ3v) is 2.50. The molecule has 0 amide bonds. The molecule has 1 heterocycles. The topological polar surface area (TPSA) is 30.5 Å². The summed E-state index contributed by atoms with van der Waals surface area (Å²) in [6, 6.07) is 5.96. The van der Waals surface area contributed by atoms with Crippen molar-refractivity contribution in [3.63, 3.8) is 0 Å². The Balaban J connectivity index is 2.12. The summed E-state index contributed by atoms with van der Waals surface area (Å²) in [5.41, 5.74) is 1.08. The Bertz CT molecular complexity index is 409. The van der Waals surface area contributed by atoms with Crippen molar-refractivity contribution in [1.29, 1.82) is 0 Å². The van der Waals surface area contributed by atoms with E-state index in [2.05, 4.69) is 11.2 Å². The maximum absolute atomic E-state index is 5.60. The number of fused-ring (bicyclic) bond motifs is 1. The summed E-state index contributed by atoms with van der Waals surface area (Å²) >= 11 is 0. The first-order chi connectivity index (χ1) is 7.81. The molecule has 0 fully saturated rings. The molecule has 1 N–H and O–H groups in total. The molecule has 0 saturated heterocycles. The first-order valence-electron chi connectivity index (χ1n) is 5.38. The van der Waals surface area contributed by atoms with Crippen LogP contribution in [0.25, 0.3) is 0 Å². The minimum atomic E-state index is 0.0559. The molecule has 0 spiro atoms. The van der Waals surface area contributed by atoms with Gasteiger partial charge in [-0.1, -0.05) is 18.1 Å². The average Bonchev–Trinajstić information content (AvgIpc) is 2.35. The van der Waals surface area contributed by atoms with E-state index in [1.807, 2.05) is 25.1 Å². The largest absolute Gasteiger partial charge is 0.486 e. The summed E-state index contributed by atoms with van der Waals surface area (Å²) in [6.07, 6.45) is 5.31. The van der Waals surface area contributed by atoms with Crippen LogP contribution in [0.1, 0.15) is 12.5 Å². The van der Waals surface area contributed by atoms with Gasteiger partial charge in [-0.2, -0.15) is 0 Å². The highest BCUT2D eigenvalue weighted by molar-refractivity contribution is 5.47. The van der Waals surface area contributed by atoms with E-state index in [1.165, 1.54) is 0 Å². The van der Waals surface area contributed by atoms with Gasteiger partial charge >= 0.3 is 0 Å². The molecule has 1 atom stereocenters. The number of hydrogen-bond donors (Lipinski definition) is 1. The van der Waals surface area contributed by atoms with Gasteiger partial charge < -0.3 is 9.47 Å². The lowest BCUT2D eigenvalue weighted by atomic mass is 10.1. The second-order valence-corrected chi connectivity index (χ2v) is 3.71. The van der Waals surface area contributed by atoms with E-state index in [9.17, 15) is 0 Å². The maximum Gasteiger partial charge on any atom is 0.165 e. The number of nitrogens with one attached hydrogen (secondary N) is 1. The Morgan fingerprint density at radius 1 is 1.44 bits per heavy atom. The number of benzene rings is 1. The molecule has 2 rings (SSSR count). The highest BCUT2D eigenvalue weighted by Crippen LogP contribution is 2.33. The molecule has 1 aliphatic rings. The van der Waals surface area contributed by atoms with Crippen LogP contribution < -0.4 is 14.8 Å². The van der Waals surface area contributed by atoms with E-state index < -0.39 is 0 Å². The van der Waals surface area contributed by atoms with Gasteiger partial charge in [0, 0.05) is 12.1 Å². The van der Waals surface area contributed by atoms with E-state index in [4.69, 9.17) is 15.9 Å². The van der Waals surface area contributed by atoms with Crippen molar-refractivity contribution in [2.75, 3.05) is 13.2 Å². The second-order valence-electron chi connectivity index (χ2n) is 3.71. The van der Waals surface area contributed by atoms with Gasteiger partial charge in [-0.05, 0) is 13.0 Å². The van der Waals surface area contributed by atoms with Gasteiger partial charge in [-0.25, -0.2) is 0 Å². The molecule has 0 aromatic heterocycles. The predicted octanol–water partition coefficient (Wildman–Crippen LogP) is 1.57. The summed E-state index contributed by atoms with van der Waals surface area (Å²) in [5.74, 6) is 4.29. The monoisotopic (exact) mass is 217 g/mol. The molecule has 3 heteroatoms. The van der Waals surface area contributed by atoms with Crippen molar-refractivity contribution < 1.29 is 9.47 Å². The Labute approximate surface area is 95.8 Å². The molecule has 0 bridgehead atoms. The summed E-state index contributed by atoms with van der Waals surface area (Å²) in [7, 11) is 0. The van der Waals surface area contributed by atoms with Crippen molar-refractivity contribution in [2.24, 2.45) is 0 Å². The molecule has 1 unspecified atom stereocenters. The Kier molecular flexibility index (Phi) is 3.33. The van der Waals surface area contributed by atoms with Crippen LogP contribution in [-0.4, -0.2) is 19.3 Å². The van der Waals surface area contributed by atoms with Gasteiger partial charge in [0.1, 0.15) is 13.2 Å². The molecule has 84 valence electrons. The molecular weight excluding hydrogens is 202 g/mol. The molecular formula is C13H15NO2. The number of hydrogen-bond acceptors (Lipinski definition) is 3. The zero-order valence-corrected chi connectivity index (χ0v) is 9.32. The molecule has 1 aromatic carbocycles. The minimum Gasteiger partial charge on any atom is -0.486 e. The fraction of sp³-hybridized carbons (Fsp3) is 0.385. The maximum atomic E-state index is 5.60. The minimum absolute atomic E-state index is 0.0559. The zero-order valence-electron chi connectivity index (χ0n) is 9.32. The van der Waals surface area contributed by atoms with Crippen LogP contribution in [0.2, 0.25) is 0 Å². The first-order valence-corrected chi connectivity index (χ1v) is 5.38. The van der Waals surface area contributed by atoms with Gasteiger partial charge in [-0.15, -0.1) is 6.42 Å². The lowest BCUT2D eigenvalue weighted by Crippen LogP contribution is -2.25. The lowest BCUT2D eigenvalue weighted by Gasteiger charge is -2.21. The Morgan fingerprint density at radius 2 is 2.25 bits per heavy atom. The van der Waals surface area contributed by atoms with Gasteiger partial charge in [0.25, 0.3) is 0 Å². The van der Waals surface area contributed by atoms with Gasteiger partial charge in [0.05, 0.1) is 6.04 Å². The van der Waals surface area contributed by atoms with Crippen molar-refractivity contribution in [3.8, 4) is 23.8 Å². The number of ether oxygens (including phenoxy) is 2. The number of rotatable bonds is 3. The molecule has 0 radical (unpaired) electrons. The van der Waals surface area contributed by atoms with Crippen molar-refractivity contribution in [2.45, 2.75) is 19.5 Å². The summed E-state index contributed by atoms with van der Waals surface area (Å²) < 4.78 is 11.1. The third-order valence-electron chi connectivity index (χ3n) is 2.50. The molecule has 0 aliphatic carbocycles. The first kappa shape index (κ1) is 10.8. The van der Waals surface area contributed by atoms with Crippen LogP contribution in [0, 0.1) is 12.3 Å². The van der Waals surface area contributed by atoms with E-state index in [-0.39, 0.29) is 6.04 Å². The molecule has 1 aliphatic heterocycles. The lowest BCUT2D eigenvalue weighted by molar-refractivity contribution is 0.169. The second kappa shape index (κ2) is 4.91. The van der Waals surface area contributed by atoms with Gasteiger partial charge in [-0.3, -0.25) is 5.32 Å². The quantitative estimate of drug-likeness (QED) is 0.780. The predicted molar refractivity (Wildman–Crippen MR) is 62.6 cm³/mol. The van der Waals surface area contributed by atoms with Crippen LogP contribution in [-0.2, 0) is 6.54 Å². The van der Waals surface area contributed by atoms with Crippen molar-refractivity contribution in [1.82, 2.24) is 5.32 Å². The van der Waals surface area contributed by atoms with Crippen LogP contribution >= 0.6 is 0 Å². The summed E-state index contributed by atoms with van der Waals surface area (Å²) in [6.45, 7) is 3.87. The highest BCUT2D eigenvalue weighted by atomic mass is 16.6. The third kappa shape index (κ3) is 2.29. The van der Waals surface area contributed by atoms with Crippen molar-refractivity contribution >= 4 is 0 Å².